The second-order valence-corrected chi connectivity index (χ2v) is 17.0. The van der Waals surface area contributed by atoms with E-state index >= 15 is 4.39 Å². The summed E-state index contributed by atoms with van der Waals surface area (Å²) in [7, 11) is 1.58. The second kappa shape index (κ2) is 19.3. The summed E-state index contributed by atoms with van der Waals surface area (Å²) in [5.74, 6) is 0.900. The van der Waals surface area contributed by atoms with Gasteiger partial charge in [0.25, 0.3) is 0 Å². The maximum Gasteiger partial charge on any atom is 0.407 e. The molecule has 2 aromatic heterocycles. The Morgan fingerprint density at radius 2 is 1.80 bits per heavy atom. The molecule has 13 nitrogen and oxygen atoms in total. The maximum absolute atomic E-state index is 15.5. The Hall–Kier alpha value is -5.51. The number of piperazine rings is 1. The molecule has 0 bridgehead atoms. The third-order valence-electron chi connectivity index (χ3n) is 10.4. The number of nitrogen functional groups attached to an aromatic ring is 1. The van der Waals surface area contributed by atoms with Gasteiger partial charge in [-0.05, 0) is 100 Å². The number of aryl methyl sites for hydroxylation is 1. The van der Waals surface area contributed by atoms with E-state index in [1.165, 1.54) is 0 Å². The minimum absolute atomic E-state index is 0.124. The number of benzene rings is 3. The molecule has 3 aromatic carbocycles. The molecule has 1 saturated heterocycles. The summed E-state index contributed by atoms with van der Waals surface area (Å²) in [6.07, 6.45) is 2.42. The van der Waals surface area contributed by atoms with Gasteiger partial charge < -0.3 is 39.8 Å². The maximum atomic E-state index is 15.5. The Kier molecular flexibility index (Phi) is 13.7. The zero-order valence-electron chi connectivity index (χ0n) is 35.1. The highest BCUT2D eigenvalue weighted by Crippen LogP contribution is 2.38. The summed E-state index contributed by atoms with van der Waals surface area (Å²) in [5, 5.41) is 11.6. The number of rotatable bonds is 17. The molecule has 0 spiro atoms. The first-order valence-corrected chi connectivity index (χ1v) is 21.3. The lowest BCUT2D eigenvalue weighted by atomic mass is 10.0. The predicted octanol–water partition coefficient (Wildman–Crippen LogP) is 8.06. The number of carbonyl (C=O) groups excluding carboxylic acids is 1. The molecule has 3 N–H and O–H groups in total. The highest BCUT2D eigenvalue weighted by atomic mass is 32.1. The van der Waals surface area contributed by atoms with Crippen molar-refractivity contribution in [1.29, 1.82) is 0 Å². The lowest BCUT2D eigenvalue weighted by Gasteiger charge is -2.36. The van der Waals surface area contributed by atoms with E-state index in [0.717, 1.165) is 89.8 Å². The third kappa shape index (κ3) is 11.0. The fraction of sp³-hybridized carbons (Fsp3) is 0.422. The van der Waals surface area contributed by atoms with E-state index in [1.54, 1.807) is 30.6 Å². The zero-order chi connectivity index (χ0) is 42.2. The van der Waals surface area contributed by atoms with Gasteiger partial charge in [0.05, 0.1) is 34.1 Å². The van der Waals surface area contributed by atoms with E-state index in [2.05, 4.69) is 53.4 Å². The topological polar surface area (TPSA) is 140 Å². The van der Waals surface area contributed by atoms with E-state index in [-0.39, 0.29) is 18.4 Å². The van der Waals surface area contributed by atoms with Gasteiger partial charge in [-0.2, -0.15) is 0 Å². The molecule has 7 rings (SSSR count). The smallest absolute Gasteiger partial charge is 0.407 e. The number of hydrogen-bond acceptors (Lipinski definition) is 13. The number of hydrogen-bond donors (Lipinski definition) is 2. The number of aromatic nitrogens is 3. The van der Waals surface area contributed by atoms with Gasteiger partial charge >= 0.3 is 6.09 Å². The lowest BCUT2D eigenvalue weighted by Crippen LogP contribution is -2.46. The fourth-order valence-corrected chi connectivity index (χ4v) is 8.16. The van der Waals surface area contributed by atoms with Crippen LogP contribution in [0.5, 0.6) is 11.5 Å². The Morgan fingerprint density at radius 1 is 1.00 bits per heavy atom. The molecule has 318 valence electrons. The van der Waals surface area contributed by atoms with Crippen molar-refractivity contribution in [3.8, 4) is 33.2 Å². The molecule has 0 atom stereocenters. The number of alkyl carbamates (subject to hydrolysis) is 1. The van der Waals surface area contributed by atoms with Crippen molar-refractivity contribution in [2.75, 3.05) is 68.8 Å². The molecule has 2 fully saturated rings. The van der Waals surface area contributed by atoms with Crippen LogP contribution in [0.25, 0.3) is 21.7 Å². The standard InChI is InChI=1S/C45H55FN8O5S/c1-30-42(60-28-49-30)32-12-13-33(26-48-44(55)59-45(2,3)4)38(24-32)54(34-14-15-34)17-8-22-57-41-16-11-31(23-36(41)46)27-52-18-20-53(21-19-52)39-25-37(50-51-43(39)47)35-9-6-7-10-40(35)58-29-56-5/h6-7,9-13,16,23-25,28,34H,8,14-15,17-22,26-27,29H2,1-5H3,(H2,47,51)(H,48,55). The van der Waals surface area contributed by atoms with Crippen LogP contribution in [0.3, 0.4) is 0 Å². The number of nitrogens with one attached hydrogen (secondary N) is 1. The molecule has 2 aliphatic rings. The van der Waals surface area contributed by atoms with Crippen LogP contribution in [0.2, 0.25) is 0 Å². The van der Waals surface area contributed by atoms with Crippen molar-refractivity contribution in [3.63, 3.8) is 0 Å². The molecule has 1 amide bonds. The third-order valence-corrected chi connectivity index (χ3v) is 11.4. The van der Waals surface area contributed by atoms with Crippen LogP contribution in [0.1, 0.15) is 56.9 Å². The van der Waals surface area contributed by atoms with E-state index < -0.39 is 11.7 Å². The monoisotopic (exact) mass is 838 g/mol. The van der Waals surface area contributed by atoms with Gasteiger partial charge in [0.2, 0.25) is 0 Å². The van der Waals surface area contributed by atoms with Crippen LogP contribution in [0.4, 0.5) is 26.4 Å². The van der Waals surface area contributed by atoms with Crippen LogP contribution in [0.15, 0.2) is 72.2 Å². The number of thiazole rings is 1. The lowest BCUT2D eigenvalue weighted by molar-refractivity contribution is 0.0513. The number of halogens is 1. The number of nitrogens with zero attached hydrogens (tertiary/aromatic N) is 6. The molecule has 1 aliphatic carbocycles. The van der Waals surface area contributed by atoms with E-state index in [4.69, 9.17) is 24.7 Å². The number of amides is 1. The summed E-state index contributed by atoms with van der Waals surface area (Å²) in [6.45, 7) is 12.7. The first-order valence-electron chi connectivity index (χ1n) is 20.5. The largest absolute Gasteiger partial charge is 0.490 e. The molecule has 60 heavy (non-hydrogen) atoms. The molecule has 0 unspecified atom stereocenters. The Bertz CT molecular complexity index is 2240. The molecular formula is C45H55FN8O5S. The minimum Gasteiger partial charge on any atom is -0.490 e. The number of ether oxygens (including phenoxy) is 4. The summed E-state index contributed by atoms with van der Waals surface area (Å²) in [5.41, 5.74) is 14.9. The van der Waals surface area contributed by atoms with Gasteiger partial charge in [-0.15, -0.1) is 21.5 Å². The zero-order valence-corrected chi connectivity index (χ0v) is 35.9. The van der Waals surface area contributed by atoms with Gasteiger partial charge in [-0.25, -0.2) is 14.2 Å². The average molecular weight is 839 g/mol. The summed E-state index contributed by atoms with van der Waals surface area (Å²) in [4.78, 5) is 25.1. The predicted molar refractivity (Wildman–Crippen MR) is 234 cm³/mol. The van der Waals surface area contributed by atoms with Crippen molar-refractivity contribution < 1.29 is 28.1 Å². The quantitative estimate of drug-likeness (QED) is 0.0692. The van der Waals surface area contributed by atoms with Crippen molar-refractivity contribution >= 4 is 34.6 Å². The number of nitrogens with two attached hydrogens (primary N) is 1. The molecular weight excluding hydrogens is 784 g/mol. The number of methoxy groups -OCH3 is 1. The van der Waals surface area contributed by atoms with Gasteiger partial charge in [0.15, 0.2) is 24.2 Å². The number of para-hydroxylation sites is 1. The minimum atomic E-state index is -0.590. The van der Waals surface area contributed by atoms with Crippen molar-refractivity contribution in [1.82, 2.24) is 25.4 Å². The first kappa shape index (κ1) is 42.6. The number of carbonyl (C=O) groups is 1. The van der Waals surface area contributed by atoms with Crippen LogP contribution >= 0.6 is 11.3 Å². The van der Waals surface area contributed by atoms with Crippen molar-refractivity contribution in [2.45, 2.75) is 71.7 Å². The van der Waals surface area contributed by atoms with E-state index in [1.807, 2.05) is 69.6 Å². The second-order valence-electron chi connectivity index (χ2n) is 16.2. The Morgan fingerprint density at radius 3 is 2.52 bits per heavy atom. The summed E-state index contributed by atoms with van der Waals surface area (Å²) >= 11 is 1.62. The van der Waals surface area contributed by atoms with Crippen LogP contribution in [-0.4, -0.2) is 91.1 Å². The van der Waals surface area contributed by atoms with E-state index in [0.29, 0.717) is 49.4 Å². The van der Waals surface area contributed by atoms with Crippen LogP contribution in [0, 0.1) is 12.7 Å². The van der Waals surface area contributed by atoms with Crippen molar-refractivity contribution in [3.05, 3.63) is 94.9 Å². The fourth-order valence-electron chi connectivity index (χ4n) is 7.35. The molecule has 3 heterocycles. The first-order chi connectivity index (χ1) is 29.0. The van der Waals surface area contributed by atoms with Gasteiger partial charge in [0.1, 0.15) is 11.4 Å². The Balaban J connectivity index is 0.934. The molecule has 0 radical (unpaired) electrons. The van der Waals surface area contributed by atoms with Gasteiger partial charge in [0, 0.05) is 70.2 Å². The highest BCUT2D eigenvalue weighted by Gasteiger charge is 2.31. The number of anilines is 3. The van der Waals surface area contributed by atoms with Crippen molar-refractivity contribution in [2.24, 2.45) is 0 Å². The molecule has 1 saturated carbocycles. The van der Waals surface area contributed by atoms with Gasteiger partial charge in [-0.3, -0.25) is 4.90 Å². The Labute approximate surface area is 355 Å². The molecule has 1 aliphatic heterocycles. The SMILES string of the molecule is COCOc1ccccc1-c1cc(N2CCN(Cc3ccc(OCCCN(c4cc(-c5scnc5C)ccc4CNC(=O)OC(C)(C)C)C4CC4)c(F)c3)CC2)c(N)nn1. The average Bonchev–Trinajstić information content (AvgIpc) is 3.98. The normalized spacial score (nSPS) is 14.5. The van der Waals surface area contributed by atoms with Gasteiger partial charge in [-0.1, -0.05) is 30.3 Å². The van der Waals surface area contributed by atoms with Crippen LogP contribution < -0.4 is 30.3 Å². The summed E-state index contributed by atoms with van der Waals surface area (Å²) < 4.78 is 37.8. The summed E-state index contributed by atoms with van der Waals surface area (Å²) in [6, 6.07) is 21.6. The van der Waals surface area contributed by atoms with Crippen LogP contribution in [-0.2, 0) is 22.6 Å². The molecule has 15 heteroatoms. The molecule has 5 aromatic rings. The highest BCUT2D eigenvalue weighted by molar-refractivity contribution is 7.13. The van der Waals surface area contributed by atoms with E-state index in [9.17, 15) is 4.79 Å².